The number of hydrogen-bond donors (Lipinski definition) is 1. The second kappa shape index (κ2) is 5.45. The topological polar surface area (TPSA) is 76.1 Å². The molecule has 0 radical (unpaired) electrons. The van der Waals surface area contributed by atoms with E-state index in [1.165, 1.54) is 6.20 Å². The molecule has 10 heteroatoms. The van der Waals surface area contributed by atoms with E-state index in [1.54, 1.807) is 5.38 Å². The Kier molecular flexibility index (Phi) is 4.01. The fraction of sp³-hybridized carbons (Fsp3) is 0.0909. The minimum absolute atomic E-state index is 0.163. The summed E-state index contributed by atoms with van der Waals surface area (Å²) < 4.78 is 59.4. The molecule has 1 heterocycles. The first kappa shape index (κ1) is 15.4. The van der Waals surface area contributed by atoms with Crippen LogP contribution < -0.4 is 5.32 Å². The van der Waals surface area contributed by atoms with Crippen LogP contribution in [0.15, 0.2) is 40.7 Å². The summed E-state index contributed by atoms with van der Waals surface area (Å²) in [7, 11) is -5.39. The molecule has 0 saturated carbocycles. The van der Waals surface area contributed by atoms with Crippen molar-refractivity contribution >= 4 is 32.8 Å². The van der Waals surface area contributed by atoms with Gasteiger partial charge in [0.2, 0.25) is 0 Å². The van der Waals surface area contributed by atoms with Gasteiger partial charge in [0.1, 0.15) is 0 Å². The Morgan fingerprint density at radius 1 is 1.19 bits per heavy atom. The molecule has 0 aliphatic carbocycles. The van der Waals surface area contributed by atoms with Crippen molar-refractivity contribution in [2.45, 2.75) is 10.4 Å². The summed E-state index contributed by atoms with van der Waals surface area (Å²) in [5, 5.41) is 4.17. The third-order valence-corrected chi connectivity index (χ3v) is 4.63. The second-order valence-electron chi connectivity index (χ2n) is 3.76. The number of amides is 1. The van der Waals surface area contributed by atoms with Crippen LogP contribution in [0, 0.1) is 0 Å². The van der Waals surface area contributed by atoms with Crippen molar-refractivity contribution in [3.63, 3.8) is 0 Å². The number of alkyl halides is 3. The van der Waals surface area contributed by atoms with Crippen LogP contribution in [0.2, 0.25) is 0 Å². The molecule has 21 heavy (non-hydrogen) atoms. The summed E-state index contributed by atoms with van der Waals surface area (Å²) in [6.07, 6.45) is 1.43. The van der Waals surface area contributed by atoms with Crippen molar-refractivity contribution in [2.24, 2.45) is 0 Å². The highest BCUT2D eigenvalue weighted by Crippen LogP contribution is 2.30. The molecule has 5 nitrogen and oxygen atoms in total. The molecular formula is C11H7F3N2O3S2. The molecule has 0 saturated heterocycles. The van der Waals surface area contributed by atoms with Crippen LogP contribution in [-0.2, 0) is 9.84 Å². The quantitative estimate of drug-likeness (QED) is 0.935. The smallest absolute Gasteiger partial charge is 0.320 e. The van der Waals surface area contributed by atoms with Gasteiger partial charge < -0.3 is 5.32 Å². The summed E-state index contributed by atoms with van der Waals surface area (Å²) in [4.78, 5) is 14.5. The standard InChI is InChI=1S/C11H7F3N2O3S2/c12-11(13,14)21(18,19)8-3-1-7(2-4-8)16-9(17)10-15-5-6-20-10/h1-6H,(H,16,17). The van der Waals surface area contributed by atoms with E-state index in [2.05, 4.69) is 10.3 Å². The Hall–Kier alpha value is -1.94. The molecule has 0 aliphatic rings. The fourth-order valence-electron chi connectivity index (χ4n) is 1.37. The lowest BCUT2D eigenvalue weighted by Gasteiger charge is -2.09. The number of carbonyl (C=O) groups is 1. The lowest BCUT2D eigenvalue weighted by molar-refractivity contribution is -0.0436. The zero-order valence-corrected chi connectivity index (χ0v) is 11.7. The predicted octanol–water partition coefficient (Wildman–Crippen LogP) is 2.69. The van der Waals surface area contributed by atoms with E-state index in [9.17, 15) is 26.4 Å². The number of sulfone groups is 1. The fourth-order valence-corrected chi connectivity index (χ4v) is 2.66. The third kappa shape index (κ3) is 3.22. The Balaban J connectivity index is 2.19. The van der Waals surface area contributed by atoms with Crippen molar-refractivity contribution in [3.8, 4) is 0 Å². The number of nitrogens with one attached hydrogen (secondary N) is 1. The van der Waals surface area contributed by atoms with E-state index in [-0.39, 0.29) is 10.7 Å². The van der Waals surface area contributed by atoms with Crippen LogP contribution >= 0.6 is 11.3 Å². The number of nitrogens with zero attached hydrogens (tertiary/aromatic N) is 1. The zero-order valence-electron chi connectivity index (χ0n) is 10.1. The summed E-state index contributed by atoms with van der Waals surface area (Å²) in [6, 6.07) is 3.70. The number of aromatic nitrogens is 1. The minimum Gasteiger partial charge on any atom is -0.320 e. The minimum atomic E-state index is -5.39. The van der Waals surface area contributed by atoms with Gasteiger partial charge in [0.05, 0.1) is 4.90 Å². The van der Waals surface area contributed by atoms with E-state index in [4.69, 9.17) is 0 Å². The van der Waals surface area contributed by atoms with Crippen LogP contribution in [0.25, 0.3) is 0 Å². The first-order valence-corrected chi connectivity index (χ1v) is 7.70. The molecule has 1 aromatic carbocycles. The van der Waals surface area contributed by atoms with Gasteiger partial charge in [-0.1, -0.05) is 0 Å². The molecule has 0 bridgehead atoms. The van der Waals surface area contributed by atoms with Crippen LogP contribution in [0.3, 0.4) is 0 Å². The molecule has 112 valence electrons. The average Bonchev–Trinajstić information content (AvgIpc) is 2.92. The summed E-state index contributed by atoms with van der Waals surface area (Å²) >= 11 is 1.09. The number of carbonyl (C=O) groups excluding carboxylic acids is 1. The molecule has 1 aromatic heterocycles. The number of hydrogen-bond acceptors (Lipinski definition) is 5. The molecule has 1 amide bonds. The molecule has 0 aliphatic heterocycles. The van der Waals surface area contributed by atoms with Gasteiger partial charge in [-0.3, -0.25) is 4.79 Å². The van der Waals surface area contributed by atoms with Crippen LogP contribution in [0.5, 0.6) is 0 Å². The lowest BCUT2D eigenvalue weighted by Crippen LogP contribution is -2.23. The highest BCUT2D eigenvalue weighted by atomic mass is 32.2. The average molecular weight is 336 g/mol. The van der Waals surface area contributed by atoms with Crippen molar-refractivity contribution in [1.29, 1.82) is 0 Å². The normalized spacial score (nSPS) is 12.1. The van der Waals surface area contributed by atoms with Crippen molar-refractivity contribution in [3.05, 3.63) is 40.8 Å². The maximum Gasteiger partial charge on any atom is 0.501 e. The van der Waals surface area contributed by atoms with Gasteiger partial charge in [-0.25, -0.2) is 13.4 Å². The largest absolute Gasteiger partial charge is 0.501 e. The predicted molar refractivity (Wildman–Crippen MR) is 69.8 cm³/mol. The van der Waals surface area contributed by atoms with Gasteiger partial charge in [-0.15, -0.1) is 11.3 Å². The molecule has 0 unspecified atom stereocenters. The van der Waals surface area contributed by atoms with Gasteiger partial charge >= 0.3 is 5.51 Å². The molecule has 2 rings (SSSR count). The highest BCUT2D eigenvalue weighted by molar-refractivity contribution is 7.92. The second-order valence-corrected chi connectivity index (χ2v) is 6.60. The number of rotatable bonds is 3. The van der Waals surface area contributed by atoms with E-state index in [0.717, 1.165) is 35.6 Å². The highest BCUT2D eigenvalue weighted by Gasteiger charge is 2.46. The monoisotopic (exact) mass is 336 g/mol. The van der Waals surface area contributed by atoms with E-state index >= 15 is 0 Å². The maximum atomic E-state index is 12.4. The Morgan fingerprint density at radius 2 is 1.81 bits per heavy atom. The van der Waals surface area contributed by atoms with Crippen molar-refractivity contribution in [2.75, 3.05) is 5.32 Å². The van der Waals surface area contributed by atoms with Gasteiger partial charge in [0, 0.05) is 17.3 Å². The summed E-state index contributed by atoms with van der Waals surface area (Å²) in [5.41, 5.74) is -5.20. The number of halogens is 3. The van der Waals surface area contributed by atoms with Crippen LogP contribution in [0.4, 0.5) is 18.9 Å². The summed E-state index contributed by atoms with van der Waals surface area (Å²) in [6.45, 7) is 0. The van der Waals surface area contributed by atoms with Crippen molar-refractivity contribution in [1.82, 2.24) is 4.98 Å². The van der Waals surface area contributed by atoms with Crippen molar-refractivity contribution < 1.29 is 26.4 Å². The molecule has 2 aromatic rings. The van der Waals surface area contributed by atoms with Gasteiger partial charge in [-0.2, -0.15) is 13.2 Å². The third-order valence-electron chi connectivity index (χ3n) is 2.35. The van der Waals surface area contributed by atoms with E-state index in [0.29, 0.717) is 0 Å². The number of thiazole rings is 1. The molecular weight excluding hydrogens is 329 g/mol. The van der Waals surface area contributed by atoms with E-state index in [1.807, 2.05) is 0 Å². The number of anilines is 1. The first-order chi connectivity index (χ1) is 9.72. The van der Waals surface area contributed by atoms with E-state index < -0.39 is 26.1 Å². The van der Waals surface area contributed by atoms with Gasteiger partial charge in [0.25, 0.3) is 15.7 Å². The Labute approximate surface area is 121 Å². The molecule has 0 atom stereocenters. The van der Waals surface area contributed by atoms with Gasteiger partial charge in [0.15, 0.2) is 5.01 Å². The molecule has 0 spiro atoms. The lowest BCUT2D eigenvalue weighted by atomic mass is 10.3. The van der Waals surface area contributed by atoms with Gasteiger partial charge in [-0.05, 0) is 24.3 Å². The Morgan fingerprint density at radius 3 is 2.29 bits per heavy atom. The van der Waals surface area contributed by atoms with Crippen LogP contribution in [0.1, 0.15) is 9.80 Å². The molecule has 1 N–H and O–H groups in total. The maximum absolute atomic E-state index is 12.4. The summed E-state index contributed by atoms with van der Waals surface area (Å²) in [5.74, 6) is -0.531. The van der Waals surface area contributed by atoms with Crippen LogP contribution in [-0.4, -0.2) is 24.8 Å². The zero-order chi connectivity index (χ0) is 15.7. The SMILES string of the molecule is O=C(Nc1ccc(S(=O)(=O)C(F)(F)F)cc1)c1nccs1. The first-order valence-electron chi connectivity index (χ1n) is 5.34. The molecule has 0 fully saturated rings. The number of benzene rings is 1. The Bertz CT molecular complexity index is 738.